The molecule has 0 aliphatic heterocycles. The van der Waals surface area contributed by atoms with Crippen LogP contribution in [0.1, 0.15) is 34.6 Å². The van der Waals surface area contributed by atoms with Crippen molar-refractivity contribution in [3.8, 4) is 0 Å². The normalized spacial score (nSPS) is 12.3. The molecule has 0 saturated heterocycles. The molecule has 0 saturated carbocycles. The van der Waals surface area contributed by atoms with Gasteiger partial charge in [0.05, 0.1) is 34.9 Å². The molecule has 0 spiro atoms. The quantitative estimate of drug-likeness (QED) is 0.208. The van der Waals surface area contributed by atoms with Gasteiger partial charge in [0.1, 0.15) is 17.6 Å². The summed E-state index contributed by atoms with van der Waals surface area (Å²) >= 11 is 0. The van der Waals surface area contributed by atoms with E-state index in [-0.39, 0.29) is 33.9 Å². The zero-order valence-corrected chi connectivity index (χ0v) is 20.0. The summed E-state index contributed by atoms with van der Waals surface area (Å²) in [6.07, 6.45) is 1.20. The van der Waals surface area contributed by atoms with Gasteiger partial charge in [-0.15, -0.1) is 0 Å². The average Bonchev–Trinajstić information content (AvgIpc) is 2.85. The van der Waals surface area contributed by atoms with Gasteiger partial charge in [-0.1, -0.05) is 0 Å². The van der Waals surface area contributed by atoms with Gasteiger partial charge in [0.2, 0.25) is 11.5 Å². The van der Waals surface area contributed by atoms with Crippen molar-refractivity contribution in [2.75, 3.05) is 12.4 Å². The van der Waals surface area contributed by atoms with Gasteiger partial charge in [0.15, 0.2) is 5.82 Å². The Kier molecular flexibility index (Phi) is 8.14. The summed E-state index contributed by atoms with van der Waals surface area (Å²) in [7, 11) is 2.92. The van der Waals surface area contributed by atoms with E-state index in [1.807, 2.05) is 0 Å². The molecule has 194 valence electrons. The summed E-state index contributed by atoms with van der Waals surface area (Å²) < 4.78 is 33.6. The average molecular weight is 514 g/mol. The summed E-state index contributed by atoms with van der Waals surface area (Å²) in [4.78, 5) is 43.7. The van der Waals surface area contributed by atoms with E-state index < -0.39 is 29.9 Å². The van der Waals surface area contributed by atoms with E-state index in [4.69, 9.17) is 16.3 Å². The first-order chi connectivity index (χ1) is 17.5. The Labute approximate surface area is 209 Å². The zero-order chi connectivity index (χ0) is 27.3. The molecule has 0 unspecified atom stereocenters. The molecule has 14 heteroatoms. The van der Waals surface area contributed by atoms with E-state index in [1.54, 1.807) is 0 Å². The van der Waals surface area contributed by atoms with E-state index in [0.717, 1.165) is 11.1 Å². The third-order valence-corrected chi connectivity index (χ3v) is 5.03. The van der Waals surface area contributed by atoms with Gasteiger partial charge in [-0.3, -0.25) is 24.9 Å². The lowest BCUT2D eigenvalue weighted by molar-refractivity contribution is 0.102. The Morgan fingerprint density at radius 3 is 2.51 bits per heavy atom. The number of anilines is 1. The molecular formula is C23H24F2N8O4. The topological polar surface area (TPSA) is 170 Å². The third-order valence-electron chi connectivity index (χ3n) is 5.03. The molecule has 3 aromatic heterocycles. The van der Waals surface area contributed by atoms with Crippen LogP contribution in [0.3, 0.4) is 0 Å². The molecule has 0 radical (unpaired) electrons. The second-order valence-corrected chi connectivity index (χ2v) is 7.83. The van der Waals surface area contributed by atoms with Gasteiger partial charge in [0.25, 0.3) is 5.91 Å². The Morgan fingerprint density at radius 2 is 1.89 bits per heavy atom. The molecule has 2 amide bonds. The number of amides is 2. The van der Waals surface area contributed by atoms with Crippen molar-refractivity contribution in [1.82, 2.24) is 24.9 Å². The first kappa shape index (κ1) is 26.7. The van der Waals surface area contributed by atoms with E-state index >= 15 is 0 Å². The van der Waals surface area contributed by atoms with Crippen LogP contribution >= 0.6 is 0 Å². The summed E-state index contributed by atoms with van der Waals surface area (Å²) in [6.45, 7) is 1.33. The minimum atomic E-state index is -1.18. The summed E-state index contributed by atoms with van der Waals surface area (Å²) in [5.41, 5.74) is 6.37. The molecule has 0 bridgehead atoms. The van der Waals surface area contributed by atoms with Crippen molar-refractivity contribution in [3.05, 3.63) is 93.7 Å². The number of rotatable bonds is 7. The Bertz CT molecular complexity index is 1410. The Morgan fingerprint density at radius 1 is 1.16 bits per heavy atom. The van der Waals surface area contributed by atoms with Crippen LogP contribution in [-0.2, 0) is 11.8 Å². The van der Waals surface area contributed by atoms with Gasteiger partial charge < -0.3 is 20.4 Å². The van der Waals surface area contributed by atoms with Gasteiger partial charge in [-0.2, -0.15) is 4.39 Å². The number of carbonyl (C=O) groups is 2. The van der Waals surface area contributed by atoms with Crippen molar-refractivity contribution in [1.29, 1.82) is 0 Å². The largest absolute Gasteiger partial charge is 0.441 e. The van der Waals surface area contributed by atoms with E-state index in [9.17, 15) is 23.2 Å². The molecule has 6 N–H and O–H groups in total. The van der Waals surface area contributed by atoms with Crippen LogP contribution < -0.4 is 27.8 Å². The highest BCUT2D eigenvalue weighted by atomic mass is 19.1. The van der Waals surface area contributed by atoms with Crippen LogP contribution in [0.2, 0.25) is 0 Å². The van der Waals surface area contributed by atoms with Gasteiger partial charge >= 0.3 is 6.09 Å². The van der Waals surface area contributed by atoms with Crippen LogP contribution in [-0.4, -0.2) is 38.6 Å². The molecule has 3 heterocycles. The van der Waals surface area contributed by atoms with Crippen molar-refractivity contribution in [2.45, 2.75) is 13.0 Å². The molecule has 12 nitrogen and oxygen atoms in total. The highest BCUT2D eigenvalue weighted by molar-refractivity contribution is 6.04. The van der Waals surface area contributed by atoms with Crippen LogP contribution in [0.25, 0.3) is 5.70 Å². The molecule has 0 aromatic carbocycles. The second kappa shape index (κ2) is 11.3. The molecule has 37 heavy (non-hydrogen) atoms. The number of nitrogens with two attached hydrogens (primary N) is 2. The Hall–Kier alpha value is -4.85. The number of hydrogen-bond acceptors (Lipinski definition) is 9. The van der Waals surface area contributed by atoms with Crippen LogP contribution in [0.15, 0.2) is 59.5 Å². The maximum Gasteiger partial charge on any atom is 0.413 e. The monoisotopic (exact) mass is 514 g/mol. The van der Waals surface area contributed by atoms with E-state index in [0.29, 0.717) is 11.9 Å². The molecule has 1 atom stereocenters. The minimum Gasteiger partial charge on any atom is -0.441 e. The first-order valence-corrected chi connectivity index (χ1v) is 10.7. The third kappa shape index (κ3) is 6.64. The summed E-state index contributed by atoms with van der Waals surface area (Å²) in [5.74, 6) is 3.46. The fourth-order valence-electron chi connectivity index (χ4n) is 3.10. The molecule has 3 aromatic rings. The van der Waals surface area contributed by atoms with Crippen molar-refractivity contribution < 1.29 is 23.1 Å². The van der Waals surface area contributed by atoms with Gasteiger partial charge in [0, 0.05) is 26.4 Å². The molecule has 0 aliphatic carbocycles. The predicted molar refractivity (Wildman–Crippen MR) is 129 cm³/mol. The maximum absolute atomic E-state index is 13.9. The SMILES string of the molecule is C[C@@H](OC(=O)N/C(=C(/N)c1ccc(NC(=O)c2ccc(=O)n(C)c2)cn1)N(C)N)c1cc(F)cnc1F. The number of nitrogens with zero attached hydrogens (tertiary/aromatic N) is 4. The zero-order valence-electron chi connectivity index (χ0n) is 20.0. The standard InChI is InChI=1S/C23H24F2N8O4/c1-12(16-8-14(24)9-29-20(16)25)37-23(36)31-21(33(3)27)19(26)17-6-5-15(10-28-17)30-22(35)13-4-7-18(34)32(2)11-13/h4-12H,26-27H2,1-3H3,(H,30,35)(H,31,36)/b21-19-/t12-/m1/s1. The molecular weight excluding hydrogens is 490 g/mol. The number of aryl methyl sites for hydroxylation is 1. The number of hydrogen-bond donors (Lipinski definition) is 4. The first-order valence-electron chi connectivity index (χ1n) is 10.7. The van der Waals surface area contributed by atoms with Crippen molar-refractivity contribution in [3.63, 3.8) is 0 Å². The number of carbonyl (C=O) groups excluding carboxylic acids is 2. The number of hydrazine groups is 1. The van der Waals surface area contributed by atoms with Gasteiger partial charge in [-0.05, 0) is 31.2 Å². The van der Waals surface area contributed by atoms with E-state index in [1.165, 1.54) is 62.2 Å². The smallest absolute Gasteiger partial charge is 0.413 e. The number of halogens is 2. The van der Waals surface area contributed by atoms with Crippen LogP contribution in [0, 0.1) is 11.8 Å². The highest BCUT2D eigenvalue weighted by Gasteiger charge is 2.20. The number of aromatic nitrogens is 3. The fourth-order valence-corrected chi connectivity index (χ4v) is 3.10. The van der Waals surface area contributed by atoms with Crippen LogP contribution in [0.4, 0.5) is 19.3 Å². The van der Waals surface area contributed by atoms with Crippen LogP contribution in [0.5, 0.6) is 0 Å². The highest BCUT2D eigenvalue weighted by Crippen LogP contribution is 2.20. The number of pyridine rings is 3. The van der Waals surface area contributed by atoms with E-state index in [2.05, 4.69) is 20.6 Å². The molecule has 0 fully saturated rings. The lowest BCUT2D eigenvalue weighted by atomic mass is 10.2. The number of alkyl carbamates (subject to hydrolysis) is 1. The molecule has 3 rings (SSSR count). The molecule has 0 aliphatic rings. The lowest BCUT2D eigenvalue weighted by Gasteiger charge is -2.21. The second-order valence-electron chi connectivity index (χ2n) is 7.83. The Balaban J connectivity index is 1.72. The fraction of sp³-hybridized carbons (Fsp3) is 0.174. The number of nitrogens with one attached hydrogen (secondary N) is 2. The summed E-state index contributed by atoms with van der Waals surface area (Å²) in [6, 6.07) is 6.52. The summed E-state index contributed by atoms with van der Waals surface area (Å²) in [5, 5.41) is 5.99. The lowest BCUT2D eigenvalue weighted by Crippen LogP contribution is -2.39. The van der Waals surface area contributed by atoms with Crippen molar-refractivity contribution >= 4 is 23.4 Å². The minimum absolute atomic E-state index is 0.0517. The van der Waals surface area contributed by atoms with Crippen molar-refractivity contribution in [2.24, 2.45) is 18.6 Å². The maximum atomic E-state index is 13.9. The number of ether oxygens (including phenoxy) is 1. The predicted octanol–water partition coefficient (Wildman–Crippen LogP) is 1.58. The van der Waals surface area contributed by atoms with Gasteiger partial charge in [-0.25, -0.2) is 20.0 Å².